The summed E-state index contributed by atoms with van der Waals surface area (Å²) in [6.45, 7) is 3.80. The van der Waals surface area contributed by atoms with Crippen molar-refractivity contribution in [1.82, 2.24) is 0 Å². The first kappa shape index (κ1) is 59.7. The number of thioether (sulfide) groups is 1. The molecule has 0 aromatic carbocycles. The molecule has 1 unspecified atom stereocenters. The molecule has 0 heterocycles. The van der Waals surface area contributed by atoms with E-state index in [1.54, 1.807) is 12.2 Å². The summed E-state index contributed by atoms with van der Waals surface area (Å²) in [7, 11) is 1.18. The van der Waals surface area contributed by atoms with E-state index in [1.165, 1.54) is 88.8 Å². The Bertz CT molecular complexity index is 1320. The van der Waals surface area contributed by atoms with Gasteiger partial charge in [0.15, 0.2) is 6.10 Å². The quantitative estimate of drug-likeness (QED) is 0.0113. The molecule has 0 saturated heterocycles. The Morgan fingerprint density at radius 1 is 0.742 bits per heavy atom. The summed E-state index contributed by atoms with van der Waals surface area (Å²) >= 11 is 1.21. The lowest BCUT2D eigenvalue weighted by Crippen LogP contribution is -2.40. The zero-order chi connectivity index (χ0) is 46.3. The number of aliphatic hydroxyl groups excluding tert-OH is 1. The predicted octanol–water partition coefficient (Wildman–Crippen LogP) is 10.0. The maximum absolute atomic E-state index is 13.2. The molecule has 0 bridgehead atoms. The number of quaternary nitrogens is 1. The van der Waals surface area contributed by atoms with Gasteiger partial charge in [0.25, 0.3) is 0 Å². The second kappa shape index (κ2) is 39.1. The lowest BCUT2D eigenvalue weighted by molar-refractivity contribution is -0.870. The Labute approximate surface area is 379 Å². The topological polar surface area (TPSA) is 192 Å². The van der Waals surface area contributed by atoms with Gasteiger partial charge in [0.1, 0.15) is 25.8 Å². The molecule has 0 rings (SSSR count). The second-order valence-corrected chi connectivity index (χ2v) is 19.7. The molecule has 13 nitrogen and oxygen atoms in total. The molecule has 0 fully saturated rings. The molecule has 5 N–H and O–H groups in total. The van der Waals surface area contributed by atoms with Gasteiger partial charge in [0.05, 0.1) is 33.9 Å². The van der Waals surface area contributed by atoms with Crippen LogP contribution in [0.25, 0.3) is 0 Å². The number of phosphoric ester groups is 1. The highest BCUT2D eigenvalue weighted by molar-refractivity contribution is 8.00. The predicted molar refractivity (Wildman–Crippen MR) is 253 cm³/mol. The van der Waals surface area contributed by atoms with Crippen molar-refractivity contribution in [3.63, 3.8) is 0 Å². The lowest BCUT2D eigenvalue weighted by Gasteiger charge is -2.25. The number of rotatable bonds is 42. The summed E-state index contributed by atoms with van der Waals surface area (Å²) in [5.74, 6) is -2.27. The molecule has 0 aliphatic heterocycles. The number of allylic oxidation sites excluding steroid dienone is 7. The van der Waals surface area contributed by atoms with Crippen molar-refractivity contribution in [2.24, 2.45) is 5.73 Å². The fourth-order valence-electron chi connectivity index (χ4n) is 6.03. The zero-order valence-corrected chi connectivity index (χ0v) is 40.7. The van der Waals surface area contributed by atoms with Gasteiger partial charge < -0.3 is 34.8 Å². The lowest BCUT2D eigenvalue weighted by atomic mass is 10.0. The Hall–Kier alpha value is -2.29. The number of unbranched alkanes of at least 4 members (excludes halogenated alkanes) is 15. The van der Waals surface area contributed by atoms with Gasteiger partial charge >= 0.3 is 25.7 Å². The van der Waals surface area contributed by atoms with E-state index in [9.17, 15) is 28.9 Å². The molecule has 0 spiro atoms. The summed E-state index contributed by atoms with van der Waals surface area (Å²) in [6, 6.07) is -1.18. The third-order valence-corrected chi connectivity index (χ3v) is 12.3. The Balaban J connectivity index is 5.29. The number of esters is 2. The number of aliphatic carboxylic acids is 1. The van der Waals surface area contributed by atoms with E-state index in [-0.39, 0.29) is 38.0 Å². The summed E-state index contributed by atoms with van der Waals surface area (Å²) in [5, 5.41) is 19.5. The average molecular weight is 918 g/mol. The molecule has 360 valence electrons. The van der Waals surface area contributed by atoms with E-state index in [2.05, 4.69) is 26.0 Å². The van der Waals surface area contributed by atoms with E-state index in [0.29, 0.717) is 17.4 Å². The third kappa shape index (κ3) is 39.3. The number of nitrogens with two attached hydrogens (primary N) is 1. The highest BCUT2D eigenvalue weighted by Crippen LogP contribution is 2.43. The van der Waals surface area contributed by atoms with Crippen LogP contribution in [0.2, 0.25) is 0 Å². The number of carboxylic acid groups (broad SMARTS) is 1. The summed E-state index contributed by atoms with van der Waals surface area (Å²) < 4.78 is 34.4. The minimum absolute atomic E-state index is 0.0249. The molecule has 0 aromatic rings. The first-order valence-corrected chi connectivity index (χ1v) is 25.8. The van der Waals surface area contributed by atoms with Crippen molar-refractivity contribution < 1.29 is 57.1 Å². The van der Waals surface area contributed by atoms with Gasteiger partial charge in [0, 0.05) is 23.8 Å². The fraction of sp³-hybridized carbons (Fsp3) is 0.766. The summed E-state index contributed by atoms with van der Waals surface area (Å²) in [4.78, 5) is 47.2. The molecule has 0 radical (unpaired) electrons. The zero-order valence-electron chi connectivity index (χ0n) is 39.0. The second-order valence-electron chi connectivity index (χ2n) is 17.0. The van der Waals surface area contributed by atoms with Gasteiger partial charge in [-0.25, -0.2) is 4.57 Å². The van der Waals surface area contributed by atoms with Gasteiger partial charge in [0.2, 0.25) is 0 Å². The number of hydrogen-bond donors (Lipinski definition) is 4. The molecule has 0 amide bonds. The average Bonchev–Trinajstić information content (AvgIpc) is 3.21. The van der Waals surface area contributed by atoms with Gasteiger partial charge in [-0.2, -0.15) is 0 Å². The van der Waals surface area contributed by atoms with E-state index in [4.69, 9.17) is 29.4 Å². The minimum atomic E-state index is -4.53. The molecular weight excluding hydrogens is 832 g/mol. The molecule has 62 heavy (non-hydrogen) atoms. The number of ether oxygens (including phenoxy) is 2. The minimum Gasteiger partial charge on any atom is -0.481 e. The third-order valence-electron chi connectivity index (χ3n) is 9.86. The highest BCUT2D eigenvalue weighted by Gasteiger charge is 2.29. The summed E-state index contributed by atoms with van der Waals surface area (Å²) in [5.41, 5.74) is 6.24. The van der Waals surface area contributed by atoms with E-state index in [0.717, 1.165) is 32.1 Å². The van der Waals surface area contributed by atoms with Crippen LogP contribution in [0.3, 0.4) is 0 Å². The van der Waals surface area contributed by atoms with Crippen LogP contribution in [0.15, 0.2) is 48.6 Å². The number of hydrogen-bond acceptors (Lipinski definition) is 11. The SMILES string of the molecule is CCCCC/C=C\C\C=C/C=C/C=C/[C@@H](SC[C@H](N)C(=O)O[C@H](COC(=O)CCCCCCCCCCCCCCC)COP(=O)(O)OCC[N+](C)(C)C)[C@@H](O)CCCC(=O)O. The maximum atomic E-state index is 13.2. The van der Waals surface area contributed by atoms with Crippen molar-refractivity contribution in [3.8, 4) is 0 Å². The molecule has 0 aliphatic rings. The molecule has 5 atom stereocenters. The Kier molecular flexibility index (Phi) is 37.7. The van der Waals surface area contributed by atoms with Crippen LogP contribution in [0.5, 0.6) is 0 Å². The number of carbonyl (C=O) groups is 3. The number of carboxylic acids is 1. The first-order chi connectivity index (χ1) is 29.6. The van der Waals surface area contributed by atoms with Crippen LogP contribution in [0.1, 0.15) is 155 Å². The van der Waals surface area contributed by atoms with Gasteiger partial charge in [-0.1, -0.05) is 152 Å². The standard InChI is InChI=1S/C47H85N2O11PS/c1-6-8-10-12-14-16-18-20-22-24-26-28-30-35-46(53)57-38-41(39-59-61(55,56)58-37-36-49(3,4)5)60-47(54)42(48)40-62-44(43(50)32-31-34-45(51)52)33-29-27-25-23-21-19-17-15-13-11-9-7-2/h15,17,21,23,25,27,29,33,41-44,50H,6-14,16,18-20,22,24,26,28,30-32,34-40,48H2,1-5H3,(H-,51,52,55,56)/p+1/b17-15-,23-21-,27-25+,33-29+/t41-,42+,43+,44-/m1/s1. The van der Waals surface area contributed by atoms with Crippen molar-refractivity contribution in [3.05, 3.63) is 48.6 Å². The van der Waals surface area contributed by atoms with Gasteiger partial charge in [-0.05, 0) is 38.5 Å². The van der Waals surface area contributed by atoms with Crippen LogP contribution >= 0.6 is 19.6 Å². The maximum Gasteiger partial charge on any atom is 0.472 e. The summed E-state index contributed by atoms with van der Waals surface area (Å²) in [6.07, 6.45) is 34.9. The van der Waals surface area contributed by atoms with Crippen molar-refractivity contribution >= 4 is 37.5 Å². The van der Waals surface area contributed by atoms with E-state index >= 15 is 0 Å². The van der Waals surface area contributed by atoms with Gasteiger partial charge in [-0.3, -0.25) is 23.4 Å². The molecule has 0 aliphatic carbocycles. The fourth-order valence-corrected chi connectivity index (χ4v) is 7.89. The van der Waals surface area contributed by atoms with Crippen LogP contribution in [0.4, 0.5) is 0 Å². The molecule has 15 heteroatoms. The number of carbonyl (C=O) groups excluding carboxylic acids is 2. The van der Waals surface area contributed by atoms with Crippen molar-refractivity contribution in [2.75, 3.05) is 53.3 Å². The normalized spacial score (nSPS) is 15.4. The number of nitrogens with zero attached hydrogens (tertiary/aromatic N) is 1. The van der Waals surface area contributed by atoms with Crippen LogP contribution < -0.4 is 5.73 Å². The molecule has 0 saturated carbocycles. The monoisotopic (exact) mass is 918 g/mol. The van der Waals surface area contributed by atoms with E-state index < -0.39 is 62.4 Å². The van der Waals surface area contributed by atoms with Crippen LogP contribution in [0, 0.1) is 0 Å². The Morgan fingerprint density at radius 3 is 1.95 bits per heavy atom. The number of phosphoric acid groups is 1. The van der Waals surface area contributed by atoms with Crippen molar-refractivity contribution in [2.45, 2.75) is 179 Å². The van der Waals surface area contributed by atoms with Gasteiger partial charge in [-0.15, -0.1) is 11.8 Å². The smallest absolute Gasteiger partial charge is 0.472 e. The van der Waals surface area contributed by atoms with Crippen LogP contribution in [-0.2, 0) is 37.5 Å². The van der Waals surface area contributed by atoms with Crippen LogP contribution in [-0.4, -0.2) is 114 Å². The number of aliphatic hydroxyl groups is 1. The Morgan fingerprint density at radius 2 is 1.34 bits per heavy atom. The van der Waals surface area contributed by atoms with Crippen molar-refractivity contribution in [1.29, 1.82) is 0 Å². The molecular formula is C47H86N2O11PS+. The first-order valence-electron chi connectivity index (χ1n) is 23.3. The number of likely N-dealkylation sites (N-methyl/N-ethyl adjacent to an activating group) is 1. The van der Waals surface area contributed by atoms with E-state index in [1.807, 2.05) is 45.4 Å². The largest absolute Gasteiger partial charge is 0.481 e. The highest BCUT2D eigenvalue weighted by atomic mass is 32.2. The molecule has 0 aromatic heterocycles.